The zero-order valence-electron chi connectivity index (χ0n) is 11.7. The van der Waals surface area contributed by atoms with Crippen molar-refractivity contribution in [1.29, 1.82) is 0 Å². The summed E-state index contributed by atoms with van der Waals surface area (Å²) >= 11 is 6.09. The first-order valence-electron chi connectivity index (χ1n) is 6.98. The third-order valence-electron chi connectivity index (χ3n) is 3.65. The van der Waals surface area contributed by atoms with Gasteiger partial charge >= 0.3 is 0 Å². The summed E-state index contributed by atoms with van der Waals surface area (Å²) in [7, 11) is 2.16. The fourth-order valence-electron chi connectivity index (χ4n) is 2.70. The van der Waals surface area contributed by atoms with Crippen LogP contribution in [0, 0.1) is 0 Å². The van der Waals surface area contributed by atoms with Crippen LogP contribution >= 0.6 is 11.6 Å². The molecule has 0 bridgehead atoms. The molecular weight excluding hydrogens is 260 g/mol. The molecule has 1 aliphatic heterocycles. The van der Waals surface area contributed by atoms with E-state index >= 15 is 0 Å². The molecule has 2 unspecified atom stereocenters. The van der Waals surface area contributed by atoms with Gasteiger partial charge in [-0.2, -0.15) is 0 Å². The largest absolute Gasteiger partial charge is 0.374 e. The second-order valence-electron chi connectivity index (χ2n) is 5.12. The number of rotatable bonds is 5. The third-order valence-corrected chi connectivity index (χ3v) is 3.88. The number of nitrogens with zero attached hydrogens (tertiary/aromatic N) is 1. The first kappa shape index (κ1) is 14.8. The van der Waals surface area contributed by atoms with Crippen LogP contribution in [0.3, 0.4) is 0 Å². The fourth-order valence-corrected chi connectivity index (χ4v) is 2.90. The van der Waals surface area contributed by atoms with Crippen molar-refractivity contribution in [3.63, 3.8) is 0 Å². The molecule has 3 nitrogen and oxygen atoms in total. The molecule has 19 heavy (non-hydrogen) atoms. The fraction of sp³-hybridized carbons (Fsp3) is 0.600. The minimum absolute atomic E-state index is 0.284. The molecule has 1 aromatic carbocycles. The minimum atomic E-state index is 0.284. The molecule has 0 amide bonds. The number of benzene rings is 1. The first-order valence-corrected chi connectivity index (χ1v) is 7.36. The predicted octanol–water partition coefficient (Wildman–Crippen LogP) is 2.71. The molecule has 1 N–H and O–H groups in total. The monoisotopic (exact) mass is 282 g/mol. The summed E-state index contributed by atoms with van der Waals surface area (Å²) in [4.78, 5) is 2.36. The summed E-state index contributed by atoms with van der Waals surface area (Å²) in [6.45, 7) is 5.87. The van der Waals surface area contributed by atoms with Crippen molar-refractivity contribution in [2.24, 2.45) is 0 Å². The number of hydrogen-bond donors (Lipinski definition) is 1. The van der Waals surface area contributed by atoms with E-state index in [2.05, 4.69) is 36.3 Å². The standard InChI is InChI=1S/C15H23ClN2O/c1-3-15(12-5-4-6-13(16)9-12)18(2)11-14-10-17-7-8-19-14/h4-6,9,14-15,17H,3,7-8,10-11H2,1-2H3. The van der Waals surface area contributed by atoms with E-state index in [0.29, 0.717) is 6.04 Å². The molecular formula is C15H23ClN2O. The van der Waals surface area contributed by atoms with Crippen LogP contribution in [-0.4, -0.2) is 44.3 Å². The highest BCUT2D eigenvalue weighted by atomic mass is 35.5. The summed E-state index contributed by atoms with van der Waals surface area (Å²) < 4.78 is 5.77. The molecule has 0 aromatic heterocycles. The van der Waals surface area contributed by atoms with Crippen molar-refractivity contribution in [2.45, 2.75) is 25.5 Å². The van der Waals surface area contributed by atoms with Gasteiger partial charge in [0.05, 0.1) is 12.7 Å². The van der Waals surface area contributed by atoms with E-state index < -0.39 is 0 Å². The van der Waals surface area contributed by atoms with E-state index in [1.54, 1.807) is 0 Å². The molecule has 1 aliphatic rings. The van der Waals surface area contributed by atoms with E-state index in [1.165, 1.54) is 5.56 Å². The molecule has 2 atom stereocenters. The van der Waals surface area contributed by atoms with Gasteiger partial charge in [-0.05, 0) is 31.2 Å². The normalized spacial score (nSPS) is 21.6. The zero-order valence-corrected chi connectivity index (χ0v) is 12.5. The highest BCUT2D eigenvalue weighted by Gasteiger charge is 2.21. The van der Waals surface area contributed by atoms with Gasteiger partial charge in [0.1, 0.15) is 0 Å². The number of likely N-dealkylation sites (N-methyl/N-ethyl adjacent to an activating group) is 1. The van der Waals surface area contributed by atoms with Crippen molar-refractivity contribution in [3.05, 3.63) is 34.9 Å². The molecule has 0 radical (unpaired) electrons. The van der Waals surface area contributed by atoms with E-state index in [9.17, 15) is 0 Å². The van der Waals surface area contributed by atoms with Crippen LogP contribution in [0.25, 0.3) is 0 Å². The lowest BCUT2D eigenvalue weighted by Crippen LogP contribution is -2.45. The molecule has 0 aliphatic carbocycles. The number of nitrogens with one attached hydrogen (secondary N) is 1. The molecule has 106 valence electrons. The van der Waals surface area contributed by atoms with Crippen molar-refractivity contribution in [1.82, 2.24) is 10.2 Å². The van der Waals surface area contributed by atoms with Crippen molar-refractivity contribution in [3.8, 4) is 0 Å². The van der Waals surface area contributed by atoms with Crippen LogP contribution in [0.5, 0.6) is 0 Å². The first-order chi connectivity index (χ1) is 9.20. The number of halogens is 1. The molecule has 0 spiro atoms. The maximum atomic E-state index is 6.09. The Bertz CT molecular complexity index is 393. The number of ether oxygens (including phenoxy) is 1. The van der Waals surface area contributed by atoms with Gasteiger partial charge in [0, 0.05) is 30.7 Å². The zero-order chi connectivity index (χ0) is 13.7. The maximum Gasteiger partial charge on any atom is 0.0826 e. The Morgan fingerprint density at radius 2 is 2.37 bits per heavy atom. The second kappa shape index (κ2) is 7.25. The molecule has 1 saturated heterocycles. The summed E-state index contributed by atoms with van der Waals surface area (Å²) in [5.41, 5.74) is 1.28. The van der Waals surface area contributed by atoms with E-state index in [-0.39, 0.29) is 6.10 Å². The highest BCUT2D eigenvalue weighted by molar-refractivity contribution is 6.30. The lowest BCUT2D eigenvalue weighted by atomic mass is 10.0. The lowest BCUT2D eigenvalue weighted by Gasteiger charge is -2.33. The van der Waals surface area contributed by atoms with Crippen LogP contribution in [0.2, 0.25) is 5.02 Å². The second-order valence-corrected chi connectivity index (χ2v) is 5.55. The van der Waals surface area contributed by atoms with Gasteiger partial charge < -0.3 is 10.1 Å². The van der Waals surface area contributed by atoms with Gasteiger partial charge in [0.15, 0.2) is 0 Å². The topological polar surface area (TPSA) is 24.5 Å². The summed E-state index contributed by atoms with van der Waals surface area (Å²) in [5.74, 6) is 0. The van der Waals surface area contributed by atoms with Crippen molar-refractivity contribution >= 4 is 11.6 Å². The van der Waals surface area contributed by atoms with E-state index in [4.69, 9.17) is 16.3 Å². The van der Waals surface area contributed by atoms with Gasteiger partial charge in [-0.1, -0.05) is 30.7 Å². The summed E-state index contributed by atoms with van der Waals surface area (Å²) in [6, 6.07) is 8.55. The number of morpholine rings is 1. The molecule has 1 fully saturated rings. The van der Waals surface area contributed by atoms with E-state index in [0.717, 1.165) is 37.7 Å². The van der Waals surface area contributed by atoms with Crippen LogP contribution < -0.4 is 5.32 Å². The molecule has 1 heterocycles. The van der Waals surface area contributed by atoms with Gasteiger partial charge in [-0.25, -0.2) is 0 Å². The maximum absolute atomic E-state index is 6.09. The van der Waals surface area contributed by atoms with Crippen LogP contribution in [-0.2, 0) is 4.74 Å². The third kappa shape index (κ3) is 4.18. The Morgan fingerprint density at radius 1 is 1.53 bits per heavy atom. The molecule has 4 heteroatoms. The van der Waals surface area contributed by atoms with Crippen LogP contribution in [0.15, 0.2) is 24.3 Å². The Hall–Kier alpha value is -0.610. The SMILES string of the molecule is CCC(c1cccc(Cl)c1)N(C)CC1CNCCO1. The predicted molar refractivity (Wildman–Crippen MR) is 79.7 cm³/mol. The quantitative estimate of drug-likeness (QED) is 0.899. The average Bonchev–Trinajstić information content (AvgIpc) is 2.41. The Balaban J connectivity index is 1.99. The lowest BCUT2D eigenvalue weighted by molar-refractivity contribution is 0.00227. The number of hydrogen-bond acceptors (Lipinski definition) is 3. The van der Waals surface area contributed by atoms with Gasteiger partial charge in [0.2, 0.25) is 0 Å². The van der Waals surface area contributed by atoms with Gasteiger partial charge in [0.25, 0.3) is 0 Å². The summed E-state index contributed by atoms with van der Waals surface area (Å²) in [5, 5.41) is 4.18. The van der Waals surface area contributed by atoms with Gasteiger partial charge in [-0.15, -0.1) is 0 Å². The Labute approximate surface area is 120 Å². The molecule has 2 rings (SSSR count). The average molecular weight is 283 g/mol. The van der Waals surface area contributed by atoms with Gasteiger partial charge in [-0.3, -0.25) is 4.90 Å². The van der Waals surface area contributed by atoms with Crippen LogP contribution in [0.1, 0.15) is 24.9 Å². The van der Waals surface area contributed by atoms with Crippen molar-refractivity contribution < 1.29 is 4.74 Å². The van der Waals surface area contributed by atoms with Crippen LogP contribution in [0.4, 0.5) is 0 Å². The Morgan fingerprint density at radius 3 is 3.00 bits per heavy atom. The van der Waals surface area contributed by atoms with Crippen molar-refractivity contribution in [2.75, 3.05) is 33.3 Å². The highest BCUT2D eigenvalue weighted by Crippen LogP contribution is 2.25. The minimum Gasteiger partial charge on any atom is -0.374 e. The summed E-state index contributed by atoms with van der Waals surface area (Å²) in [6.07, 6.45) is 1.35. The molecule has 0 saturated carbocycles. The van der Waals surface area contributed by atoms with E-state index in [1.807, 2.05) is 12.1 Å². The smallest absolute Gasteiger partial charge is 0.0826 e. The Kier molecular flexibility index (Phi) is 5.64. The molecule has 1 aromatic rings.